The minimum atomic E-state index is -0.705. The average molecular weight is 170 g/mol. The van der Waals surface area contributed by atoms with E-state index in [0.717, 1.165) is 0 Å². The Morgan fingerprint density at radius 1 is 1.67 bits per heavy atom. The molecule has 3 heteroatoms. The predicted molar refractivity (Wildman–Crippen MR) is 44.5 cm³/mol. The summed E-state index contributed by atoms with van der Waals surface area (Å²) in [5.74, 6) is 2.58. The number of methoxy groups -OCH3 is 1. The number of aliphatic hydroxyl groups is 1. The summed E-state index contributed by atoms with van der Waals surface area (Å²) in [6.45, 7) is 2.51. The number of hydrogen-bond acceptors (Lipinski definition) is 3. The molecule has 0 unspecified atom stereocenters. The fourth-order valence-corrected chi connectivity index (χ4v) is 1.48. The molecule has 0 bridgehead atoms. The van der Waals surface area contributed by atoms with Crippen LogP contribution in [-0.4, -0.2) is 37.1 Å². The summed E-state index contributed by atoms with van der Waals surface area (Å²) in [5, 5.41) is 9.61. The average Bonchev–Trinajstić information content (AvgIpc) is 2.06. The lowest BCUT2D eigenvalue weighted by molar-refractivity contribution is -0.152. The summed E-state index contributed by atoms with van der Waals surface area (Å²) < 4.78 is 10.3. The zero-order chi connectivity index (χ0) is 9.14. The van der Waals surface area contributed by atoms with Crippen molar-refractivity contribution in [3.63, 3.8) is 0 Å². The molecule has 0 saturated carbocycles. The third-order valence-electron chi connectivity index (χ3n) is 2.18. The van der Waals surface area contributed by atoms with Crippen molar-refractivity contribution in [2.24, 2.45) is 5.92 Å². The van der Waals surface area contributed by atoms with Crippen molar-refractivity contribution in [1.29, 1.82) is 0 Å². The summed E-state index contributed by atoms with van der Waals surface area (Å²) in [6.07, 6.45) is 3.73. The van der Waals surface area contributed by atoms with Crippen LogP contribution >= 0.6 is 0 Å². The second-order valence-corrected chi connectivity index (χ2v) is 3.09. The zero-order valence-electron chi connectivity index (χ0n) is 7.36. The molecule has 1 aliphatic rings. The maximum atomic E-state index is 9.61. The van der Waals surface area contributed by atoms with Crippen LogP contribution in [0.1, 0.15) is 6.92 Å². The summed E-state index contributed by atoms with van der Waals surface area (Å²) in [4.78, 5) is 0. The first-order valence-corrected chi connectivity index (χ1v) is 3.99. The van der Waals surface area contributed by atoms with Gasteiger partial charge in [-0.05, 0) is 0 Å². The Labute approximate surface area is 72.7 Å². The molecule has 4 atom stereocenters. The molecular weight excluding hydrogens is 156 g/mol. The van der Waals surface area contributed by atoms with Gasteiger partial charge in [0.05, 0.1) is 12.7 Å². The molecule has 0 amide bonds. The first kappa shape index (κ1) is 9.53. The quantitative estimate of drug-likeness (QED) is 0.564. The van der Waals surface area contributed by atoms with Gasteiger partial charge in [-0.25, -0.2) is 0 Å². The molecule has 1 aliphatic heterocycles. The largest absolute Gasteiger partial charge is 0.387 e. The van der Waals surface area contributed by atoms with Crippen LogP contribution in [0.2, 0.25) is 0 Å². The maximum Gasteiger partial charge on any atom is 0.146 e. The van der Waals surface area contributed by atoms with E-state index in [2.05, 4.69) is 5.92 Å². The van der Waals surface area contributed by atoms with E-state index in [9.17, 15) is 5.11 Å². The van der Waals surface area contributed by atoms with Gasteiger partial charge in [0, 0.05) is 13.0 Å². The molecule has 68 valence electrons. The summed E-state index contributed by atoms with van der Waals surface area (Å²) in [6, 6.07) is 0. The minimum Gasteiger partial charge on any atom is -0.387 e. The molecule has 1 fully saturated rings. The lowest BCUT2D eigenvalue weighted by Crippen LogP contribution is -2.49. The standard InChI is InChI=1S/C9H14O3/c1-4-7-8(10)9(11-3)6(2)5-12-7/h1,6-10H,5H2,2-3H3/t6-,7-,8-,9-/m0/s1. The fraction of sp³-hybridized carbons (Fsp3) is 0.778. The minimum absolute atomic E-state index is 0.189. The van der Waals surface area contributed by atoms with Crippen LogP contribution in [-0.2, 0) is 9.47 Å². The molecule has 1 rings (SSSR count). The Balaban J connectivity index is 2.64. The van der Waals surface area contributed by atoms with Gasteiger partial charge < -0.3 is 14.6 Å². The molecule has 0 aromatic heterocycles. The molecule has 0 aromatic carbocycles. The molecule has 12 heavy (non-hydrogen) atoms. The van der Waals surface area contributed by atoms with Gasteiger partial charge in [0.2, 0.25) is 0 Å². The van der Waals surface area contributed by atoms with E-state index in [4.69, 9.17) is 15.9 Å². The molecule has 3 nitrogen and oxygen atoms in total. The Morgan fingerprint density at radius 3 is 2.83 bits per heavy atom. The first-order valence-electron chi connectivity index (χ1n) is 3.99. The lowest BCUT2D eigenvalue weighted by atomic mass is 9.94. The molecule has 0 spiro atoms. The summed E-state index contributed by atoms with van der Waals surface area (Å²) in [5.41, 5.74) is 0. The highest BCUT2D eigenvalue weighted by molar-refractivity contribution is 5.03. The molecule has 1 saturated heterocycles. The van der Waals surface area contributed by atoms with Crippen molar-refractivity contribution in [2.75, 3.05) is 13.7 Å². The Hall–Kier alpha value is -0.560. The SMILES string of the molecule is C#C[C@@H]1OC[C@H](C)[C@H](OC)[C@H]1O. The number of ether oxygens (including phenoxy) is 2. The van der Waals surface area contributed by atoms with Gasteiger partial charge in [0.1, 0.15) is 12.2 Å². The second kappa shape index (κ2) is 3.90. The summed E-state index contributed by atoms with van der Waals surface area (Å²) >= 11 is 0. The van der Waals surface area contributed by atoms with Gasteiger partial charge in [-0.2, -0.15) is 0 Å². The zero-order valence-corrected chi connectivity index (χ0v) is 7.36. The van der Waals surface area contributed by atoms with Gasteiger partial charge in [-0.1, -0.05) is 12.8 Å². The van der Waals surface area contributed by atoms with Crippen LogP contribution in [0.15, 0.2) is 0 Å². The van der Waals surface area contributed by atoms with E-state index >= 15 is 0 Å². The van der Waals surface area contributed by atoms with Crippen LogP contribution < -0.4 is 0 Å². The van der Waals surface area contributed by atoms with Gasteiger partial charge in [0.15, 0.2) is 0 Å². The van der Waals surface area contributed by atoms with E-state index in [-0.39, 0.29) is 12.0 Å². The smallest absolute Gasteiger partial charge is 0.146 e. The fourth-order valence-electron chi connectivity index (χ4n) is 1.48. The topological polar surface area (TPSA) is 38.7 Å². The van der Waals surface area contributed by atoms with Gasteiger partial charge in [-0.3, -0.25) is 0 Å². The number of terminal acetylenes is 1. The van der Waals surface area contributed by atoms with Gasteiger partial charge in [-0.15, -0.1) is 6.42 Å². The molecule has 1 heterocycles. The number of hydrogen-bond donors (Lipinski definition) is 1. The van der Waals surface area contributed by atoms with Crippen molar-refractivity contribution in [3.05, 3.63) is 0 Å². The van der Waals surface area contributed by atoms with Crippen LogP contribution in [0.4, 0.5) is 0 Å². The van der Waals surface area contributed by atoms with Crippen molar-refractivity contribution in [1.82, 2.24) is 0 Å². The van der Waals surface area contributed by atoms with Gasteiger partial charge in [0.25, 0.3) is 0 Å². The second-order valence-electron chi connectivity index (χ2n) is 3.09. The van der Waals surface area contributed by atoms with Crippen LogP contribution in [0, 0.1) is 18.3 Å². The number of rotatable bonds is 1. The third kappa shape index (κ3) is 1.61. The van der Waals surface area contributed by atoms with Crippen molar-refractivity contribution >= 4 is 0 Å². The lowest BCUT2D eigenvalue weighted by Gasteiger charge is -2.35. The van der Waals surface area contributed by atoms with Crippen LogP contribution in [0.5, 0.6) is 0 Å². The normalized spacial score (nSPS) is 42.2. The van der Waals surface area contributed by atoms with Crippen LogP contribution in [0.25, 0.3) is 0 Å². The molecule has 0 aliphatic carbocycles. The molecule has 0 radical (unpaired) electrons. The molecule has 0 aromatic rings. The van der Waals surface area contributed by atoms with E-state index in [1.54, 1.807) is 7.11 Å². The van der Waals surface area contributed by atoms with Crippen molar-refractivity contribution in [3.8, 4) is 12.3 Å². The Morgan fingerprint density at radius 2 is 2.33 bits per heavy atom. The number of aliphatic hydroxyl groups excluding tert-OH is 1. The highest BCUT2D eigenvalue weighted by Crippen LogP contribution is 2.21. The van der Waals surface area contributed by atoms with E-state index in [1.807, 2.05) is 6.92 Å². The van der Waals surface area contributed by atoms with E-state index in [0.29, 0.717) is 6.61 Å². The first-order chi connectivity index (χ1) is 5.70. The third-order valence-corrected chi connectivity index (χ3v) is 2.18. The van der Waals surface area contributed by atoms with E-state index in [1.165, 1.54) is 0 Å². The molecular formula is C9H14O3. The highest BCUT2D eigenvalue weighted by atomic mass is 16.5. The molecule has 1 N–H and O–H groups in total. The Kier molecular flexibility index (Phi) is 3.10. The monoisotopic (exact) mass is 170 g/mol. The highest BCUT2D eigenvalue weighted by Gasteiger charge is 2.36. The van der Waals surface area contributed by atoms with Gasteiger partial charge >= 0.3 is 0 Å². The maximum absolute atomic E-state index is 9.61. The van der Waals surface area contributed by atoms with E-state index < -0.39 is 12.2 Å². The Bertz CT molecular complexity index is 185. The summed E-state index contributed by atoms with van der Waals surface area (Å²) in [7, 11) is 1.57. The van der Waals surface area contributed by atoms with Crippen molar-refractivity contribution < 1.29 is 14.6 Å². The predicted octanol–water partition coefficient (Wildman–Crippen LogP) is 0.0304. The van der Waals surface area contributed by atoms with Crippen molar-refractivity contribution in [2.45, 2.75) is 25.2 Å². The van der Waals surface area contributed by atoms with Crippen LogP contribution in [0.3, 0.4) is 0 Å².